The first-order valence-corrected chi connectivity index (χ1v) is 11.8. The summed E-state index contributed by atoms with van der Waals surface area (Å²) in [5.74, 6) is -0.622. The predicted octanol–water partition coefficient (Wildman–Crippen LogP) is 1.61. The van der Waals surface area contributed by atoms with E-state index >= 15 is 0 Å². The number of carboxylic acids is 1. The van der Waals surface area contributed by atoms with Gasteiger partial charge in [-0.1, -0.05) is 6.07 Å². The van der Waals surface area contributed by atoms with E-state index in [1.54, 1.807) is 11.6 Å². The van der Waals surface area contributed by atoms with Gasteiger partial charge in [-0.2, -0.15) is 0 Å². The van der Waals surface area contributed by atoms with Gasteiger partial charge >= 0.3 is 11.7 Å². The third-order valence-corrected chi connectivity index (χ3v) is 7.80. The second-order valence-electron chi connectivity index (χ2n) is 9.87. The molecule has 2 N–H and O–H groups in total. The molecule has 1 aliphatic carbocycles. The Morgan fingerprint density at radius 1 is 1.09 bits per heavy atom. The molecular formula is C24H30N4O5. The van der Waals surface area contributed by atoms with Crippen molar-refractivity contribution >= 4 is 28.8 Å². The number of benzene rings is 1. The Bertz CT molecular complexity index is 1170. The molecular weight excluding hydrogens is 424 g/mol. The van der Waals surface area contributed by atoms with E-state index in [0.717, 1.165) is 56.4 Å². The van der Waals surface area contributed by atoms with Crippen molar-refractivity contribution in [3.05, 3.63) is 34.2 Å². The minimum absolute atomic E-state index is 0.154. The molecule has 176 valence electrons. The fourth-order valence-corrected chi connectivity index (χ4v) is 5.76. The van der Waals surface area contributed by atoms with Crippen LogP contribution in [0.25, 0.3) is 11.0 Å². The molecule has 9 nitrogen and oxygen atoms in total. The summed E-state index contributed by atoms with van der Waals surface area (Å²) in [6.07, 6.45) is 4.21. The smallest absolute Gasteiger partial charge is 0.329 e. The van der Waals surface area contributed by atoms with Crippen LogP contribution in [0, 0.1) is 11.8 Å². The van der Waals surface area contributed by atoms with Crippen molar-refractivity contribution in [2.75, 3.05) is 19.6 Å². The first-order chi connectivity index (χ1) is 15.8. The van der Waals surface area contributed by atoms with Crippen LogP contribution in [0.15, 0.2) is 23.0 Å². The number of carbonyl (C=O) groups is 3. The number of imidazole rings is 1. The number of nitrogens with zero attached hydrogens (tertiary/aromatic N) is 3. The largest absolute Gasteiger partial charge is 0.481 e. The van der Waals surface area contributed by atoms with Crippen LogP contribution in [0.1, 0.15) is 56.0 Å². The maximum atomic E-state index is 13.0. The zero-order valence-electron chi connectivity index (χ0n) is 18.8. The van der Waals surface area contributed by atoms with Crippen LogP contribution in [-0.4, -0.2) is 56.6 Å². The molecule has 2 aromatic rings. The van der Waals surface area contributed by atoms with E-state index in [0.29, 0.717) is 18.3 Å². The van der Waals surface area contributed by atoms with Crippen molar-refractivity contribution in [2.24, 2.45) is 18.9 Å². The molecule has 9 heteroatoms. The van der Waals surface area contributed by atoms with E-state index in [4.69, 9.17) is 5.11 Å². The van der Waals surface area contributed by atoms with Gasteiger partial charge in [0.05, 0.1) is 17.0 Å². The highest BCUT2D eigenvalue weighted by Crippen LogP contribution is 2.36. The van der Waals surface area contributed by atoms with E-state index in [2.05, 4.69) is 22.3 Å². The number of hydrogen-bond acceptors (Lipinski definition) is 5. The molecule has 1 aromatic heterocycles. The summed E-state index contributed by atoms with van der Waals surface area (Å²) in [4.78, 5) is 50.3. The van der Waals surface area contributed by atoms with Crippen LogP contribution >= 0.6 is 0 Å². The van der Waals surface area contributed by atoms with Gasteiger partial charge in [-0.25, -0.2) is 4.79 Å². The molecule has 33 heavy (non-hydrogen) atoms. The average molecular weight is 455 g/mol. The van der Waals surface area contributed by atoms with Crippen LogP contribution < -0.4 is 11.0 Å². The quantitative estimate of drug-likeness (QED) is 0.664. The molecule has 0 radical (unpaired) electrons. The third-order valence-electron chi connectivity index (χ3n) is 7.80. The van der Waals surface area contributed by atoms with E-state index in [9.17, 15) is 19.2 Å². The standard InChI is InChI=1S/C24H30N4O5/c1-26-20-12-16(15-6-8-27(9-7-15)13-14-10-17(11-14)23(31)32)2-3-18(20)28(24(26)33)19-4-5-21(29)25-22(19)30/h2-3,12,14-15,17,19H,4-11,13H2,1H3,(H,31,32)(H,25,29,30). The van der Waals surface area contributed by atoms with Gasteiger partial charge in [-0.15, -0.1) is 0 Å². The summed E-state index contributed by atoms with van der Waals surface area (Å²) < 4.78 is 3.11. The van der Waals surface area contributed by atoms with Gasteiger partial charge in [0.15, 0.2) is 0 Å². The van der Waals surface area contributed by atoms with Gasteiger partial charge < -0.3 is 10.0 Å². The molecule has 3 fully saturated rings. The minimum atomic E-state index is -0.666. The van der Waals surface area contributed by atoms with Crippen molar-refractivity contribution in [3.8, 4) is 0 Å². The molecule has 2 amide bonds. The zero-order valence-corrected chi connectivity index (χ0v) is 18.8. The second kappa shape index (κ2) is 8.44. The van der Waals surface area contributed by atoms with Gasteiger partial charge in [-0.3, -0.25) is 28.8 Å². The number of carbonyl (C=O) groups excluding carboxylic acids is 2. The number of carboxylic acid groups (broad SMARTS) is 1. The summed E-state index contributed by atoms with van der Waals surface area (Å²) in [7, 11) is 1.72. The number of rotatable bonds is 5. The molecule has 1 unspecified atom stereocenters. The maximum absolute atomic E-state index is 13.0. The number of likely N-dealkylation sites (tertiary alicyclic amines) is 1. The number of aryl methyl sites for hydroxylation is 1. The highest BCUT2D eigenvalue weighted by Gasteiger charge is 2.36. The number of imide groups is 1. The summed E-state index contributed by atoms with van der Waals surface area (Å²) in [5.41, 5.74) is 2.48. The Hall–Kier alpha value is -2.94. The van der Waals surface area contributed by atoms with Crippen LogP contribution in [0.5, 0.6) is 0 Å². The van der Waals surface area contributed by atoms with Gasteiger partial charge in [0.2, 0.25) is 11.8 Å². The Kier molecular flexibility index (Phi) is 5.60. The Morgan fingerprint density at radius 3 is 2.48 bits per heavy atom. The lowest BCUT2D eigenvalue weighted by Crippen LogP contribution is -2.44. The molecule has 1 aromatic carbocycles. The Morgan fingerprint density at radius 2 is 1.82 bits per heavy atom. The molecule has 0 spiro atoms. The fourth-order valence-electron chi connectivity index (χ4n) is 5.76. The SMILES string of the molecule is Cn1c(=O)n(C2CCC(=O)NC2=O)c2ccc(C3CCN(CC4CC(C(=O)O)C4)CC3)cc21. The maximum Gasteiger partial charge on any atom is 0.329 e. The van der Waals surface area contributed by atoms with Gasteiger partial charge in [0.1, 0.15) is 6.04 Å². The predicted molar refractivity (Wildman–Crippen MR) is 121 cm³/mol. The van der Waals surface area contributed by atoms with Crippen molar-refractivity contribution in [3.63, 3.8) is 0 Å². The third kappa shape index (κ3) is 3.99. The van der Waals surface area contributed by atoms with Crippen molar-refractivity contribution in [1.82, 2.24) is 19.4 Å². The highest BCUT2D eigenvalue weighted by molar-refractivity contribution is 6.00. The minimum Gasteiger partial charge on any atom is -0.481 e. The van der Waals surface area contributed by atoms with Crippen LogP contribution in [0.2, 0.25) is 0 Å². The topological polar surface area (TPSA) is 114 Å². The summed E-state index contributed by atoms with van der Waals surface area (Å²) >= 11 is 0. The first-order valence-electron chi connectivity index (χ1n) is 11.8. The summed E-state index contributed by atoms with van der Waals surface area (Å²) in [6.45, 7) is 2.97. The van der Waals surface area contributed by atoms with E-state index in [1.165, 1.54) is 10.1 Å². The van der Waals surface area contributed by atoms with Crippen LogP contribution in [0.4, 0.5) is 0 Å². The molecule has 3 aliphatic rings. The van der Waals surface area contributed by atoms with Crippen LogP contribution in [0.3, 0.4) is 0 Å². The first kappa shape index (κ1) is 21.9. The number of amides is 2. The molecule has 2 aliphatic heterocycles. The lowest BCUT2D eigenvalue weighted by molar-refractivity contribution is -0.146. The molecule has 5 rings (SSSR count). The Balaban J connectivity index is 1.28. The van der Waals surface area contributed by atoms with Gasteiger partial charge in [0, 0.05) is 20.0 Å². The number of aromatic nitrogens is 2. The zero-order chi connectivity index (χ0) is 23.3. The van der Waals surface area contributed by atoms with Gasteiger partial charge in [0.25, 0.3) is 0 Å². The fraction of sp³-hybridized carbons (Fsp3) is 0.583. The number of piperidine rings is 2. The number of nitrogens with one attached hydrogen (secondary N) is 1. The van der Waals surface area contributed by atoms with Crippen LogP contribution in [-0.2, 0) is 21.4 Å². The molecule has 0 bridgehead atoms. The molecule has 1 atom stereocenters. The number of aliphatic carboxylic acids is 1. The molecule has 2 saturated heterocycles. The van der Waals surface area contributed by atoms with E-state index < -0.39 is 17.9 Å². The summed E-state index contributed by atoms with van der Waals surface area (Å²) in [5, 5.41) is 11.4. The number of fused-ring (bicyclic) bond motifs is 1. The average Bonchev–Trinajstić information content (AvgIpc) is 3.01. The lowest BCUT2D eigenvalue weighted by atomic mass is 9.74. The lowest BCUT2D eigenvalue weighted by Gasteiger charge is -2.39. The van der Waals surface area contributed by atoms with Crippen molar-refractivity contribution < 1.29 is 19.5 Å². The van der Waals surface area contributed by atoms with Gasteiger partial charge in [-0.05, 0) is 74.7 Å². The normalized spacial score (nSPS) is 26.9. The van der Waals surface area contributed by atoms with Crippen molar-refractivity contribution in [2.45, 2.75) is 50.5 Å². The number of hydrogen-bond donors (Lipinski definition) is 2. The van der Waals surface area contributed by atoms with E-state index in [-0.39, 0.29) is 23.9 Å². The monoisotopic (exact) mass is 454 g/mol. The second-order valence-corrected chi connectivity index (χ2v) is 9.87. The summed E-state index contributed by atoms with van der Waals surface area (Å²) in [6, 6.07) is 5.40. The molecule has 1 saturated carbocycles. The highest BCUT2D eigenvalue weighted by atomic mass is 16.4. The Labute approximate surface area is 191 Å². The molecule has 3 heterocycles. The van der Waals surface area contributed by atoms with Crippen molar-refractivity contribution in [1.29, 1.82) is 0 Å². The van der Waals surface area contributed by atoms with E-state index in [1.807, 2.05) is 6.07 Å².